The summed E-state index contributed by atoms with van der Waals surface area (Å²) in [5, 5.41) is 5.19. The van der Waals surface area contributed by atoms with Crippen LogP contribution in [0.25, 0.3) is 10.4 Å². The van der Waals surface area contributed by atoms with Crippen molar-refractivity contribution >= 4 is 11.3 Å². The first-order chi connectivity index (χ1) is 6.85. The third-order valence-electron chi connectivity index (χ3n) is 0.977. The maximum atomic E-state index is 7.90. The second kappa shape index (κ2) is 9.15. The first kappa shape index (κ1) is 12.1. The molecule has 0 bridgehead atoms. The first-order valence-corrected chi connectivity index (χ1v) is 4.54. The van der Waals surface area contributed by atoms with Gasteiger partial charge in [-0.25, -0.2) is 4.98 Å². The lowest BCUT2D eigenvalue weighted by atomic mass is 10.5. The Morgan fingerprint density at radius 2 is 2.57 bits per heavy atom. The van der Waals surface area contributed by atoms with Crippen molar-refractivity contribution in [2.24, 2.45) is 5.11 Å². The Morgan fingerprint density at radius 1 is 1.79 bits per heavy atom. The number of rotatable bonds is 2. The highest BCUT2D eigenvalue weighted by molar-refractivity contribution is 7.07. The number of aromatic nitrogens is 1. The van der Waals surface area contributed by atoms with E-state index in [2.05, 4.69) is 32.8 Å². The van der Waals surface area contributed by atoms with E-state index in [1.165, 1.54) is 11.3 Å². The maximum Gasteiger partial charge on any atom is 0.0794 e. The van der Waals surface area contributed by atoms with Gasteiger partial charge in [-0.3, -0.25) is 0 Å². The summed E-state index contributed by atoms with van der Waals surface area (Å²) in [5.74, 6) is 7.08. The molecule has 0 fully saturated rings. The quantitative estimate of drug-likeness (QED) is 0.316. The monoisotopic (exact) mass is 204 g/mol. The Balaban J connectivity index is 0.000000292. The lowest BCUT2D eigenvalue weighted by Crippen LogP contribution is -1.75. The van der Waals surface area contributed by atoms with Crippen LogP contribution >= 0.6 is 11.3 Å². The van der Waals surface area contributed by atoms with Gasteiger partial charge in [0.1, 0.15) is 0 Å². The molecule has 0 radical (unpaired) electrons. The van der Waals surface area contributed by atoms with Crippen molar-refractivity contribution in [3.8, 4) is 24.2 Å². The van der Waals surface area contributed by atoms with Crippen molar-refractivity contribution in [1.29, 1.82) is 0 Å². The minimum absolute atomic E-state index is 0.361. The van der Waals surface area contributed by atoms with Crippen molar-refractivity contribution < 1.29 is 0 Å². The summed E-state index contributed by atoms with van der Waals surface area (Å²) >= 11 is 1.50. The summed E-state index contributed by atoms with van der Waals surface area (Å²) in [6, 6.07) is 0. The molecule has 0 spiro atoms. The highest BCUT2D eigenvalue weighted by atomic mass is 32.1. The second-order valence-electron chi connectivity index (χ2n) is 1.89. The summed E-state index contributed by atoms with van der Waals surface area (Å²) < 4.78 is 0. The SMILES string of the molecule is C#CC#CC.[N-]=[N+]=NCc1cscn1. The summed E-state index contributed by atoms with van der Waals surface area (Å²) in [6.07, 6.45) is 4.72. The van der Waals surface area contributed by atoms with E-state index in [0.29, 0.717) is 6.54 Å². The van der Waals surface area contributed by atoms with Gasteiger partial charge in [0.25, 0.3) is 0 Å². The average Bonchev–Trinajstić information content (AvgIpc) is 2.69. The van der Waals surface area contributed by atoms with E-state index in [4.69, 9.17) is 12.0 Å². The smallest absolute Gasteiger partial charge is 0.0794 e. The predicted molar refractivity (Wildman–Crippen MR) is 57.2 cm³/mol. The van der Waals surface area contributed by atoms with Gasteiger partial charge in [0.15, 0.2) is 0 Å². The maximum absolute atomic E-state index is 7.90. The molecule has 0 aliphatic rings. The van der Waals surface area contributed by atoms with E-state index >= 15 is 0 Å². The summed E-state index contributed by atoms with van der Waals surface area (Å²) in [7, 11) is 0. The zero-order valence-corrected chi connectivity index (χ0v) is 8.45. The van der Waals surface area contributed by atoms with E-state index in [-0.39, 0.29) is 0 Å². The number of nitrogens with zero attached hydrogens (tertiary/aromatic N) is 4. The third kappa shape index (κ3) is 6.75. The molecule has 1 heterocycles. The highest BCUT2D eigenvalue weighted by Gasteiger charge is 1.88. The second-order valence-corrected chi connectivity index (χ2v) is 2.61. The lowest BCUT2D eigenvalue weighted by Gasteiger charge is -1.79. The van der Waals surface area contributed by atoms with Crippen LogP contribution in [0.4, 0.5) is 0 Å². The lowest BCUT2D eigenvalue weighted by molar-refractivity contribution is 0.995. The Morgan fingerprint density at radius 3 is 2.93 bits per heavy atom. The Kier molecular flexibility index (Phi) is 7.88. The largest absolute Gasteiger partial charge is 0.250 e. The normalized spacial score (nSPS) is 6.57. The number of thiazole rings is 1. The third-order valence-corrected chi connectivity index (χ3v) is 1.61. The fraction of sp³-hybridized carbons (Fsp3) is 0.222. The van der Waals surface area contributed by atoms with Gasteiger partial charge >= 0.3 is 0 Å². The minimum Gasteiger partial charge on any atom is -0.250 e. The van der Waals surface area contributed by atoms with Crippen molar-refractivity contribution in [1.82, 2.24) is 4.98 Å². The van der Waals surface area contributed by atoms with E-state index in [1.54, 1.807) is 12.4 Å². The molecule has 1 aromatic heterocycles. The molecule has 0 atom stereocenters. The van der Waals surface area contributed by atoms with Crippen LogP contribution in [-0.2, 0) is 6.54 Å². The van der Waals surface area contributed by atoms with Crippen LogP contribution in [0.2, 0.25) is 0 Å². The Labute approximate surface area is 86.6 Å². The molecule has 0 saturated carbocycles. The number of hydrogen-bond donors (Lipinski definition) is 0. The van der Waals surface area contributed by atoms with Crippen LogP contribution in [0.3, 0.4) is 0 Å². The van der Waals surface area contributed by atoms with E-state index < -0.39 is 0 Å². The van der Waals surface area contributed by atoms with Crippen molar-refractivity contribution in [3.05, 3.63) is 27.0 Å². The molecule has 1 aromatic rings. The van der Waals surface area contributed by atoms with Crippen LogP contribution in [0.1, 0.15) is 12.6 Å². The number of terminal acetylenes is 1. The standard InChI is InChI=1S/C5H4.C4H4N4S/c1-3-5-4-2;5-8-7-1-4-2-9-3-6-4/h1H,2H3;2-3H,1H2. The molecular weight excluding hydrogens is 196 g/mol. The first-order valence-electron chi connectivity index (χ1n) is 3.60. The van der Waals surface area contributed by atoms with Crippen molar-refractivity contribution in [3.63, 3.8) is 0 Å². The van der Waals surface area contributed by atoms with Gasteiger partial charge < -0.3 is 0 Å². The number of azide groups is 1. The van der Waals surface area contributed by atoms with Crippen LogP contribution < -0.4 is 0 Å². The topological polar surface area (TPSA) is 61.7 Å². The predicted octanol–water partition coefficient (Wildman–Crippen LogP) is 2.60. The van der Waals surface area contributed by atoms with Crippen LogP contribution in [-0.4, -0.2) is 4.98 Å². The molecule has 0 aliphatic carbocycles. The van der Waals surface area contributed by atoms with Gasteiger partial charge in [0.2, 0.25) is 0 Å². The molecule has 70 valence electrons. The Hall–Kier alpha value is -1.94. The molecule has 0 amide bonds. The Bertz CT molecular complexity index is 385. The van der Waals surface area contributed by atoms with Gasteiger partial charge in [-0.2, -0.15) is 0 Å². The molecular formula is C9H8N4S. The van der Waals surface area contributed by atoms with Crippen LogP contribution in [0.5, 0.6) is 0 Å². The minimum atomic E-state index is 0.361. The zero-order valence-electron chi connectivity index (χ0n) is 7.64. The van der Waals surface area contributed by atoms with Crippen molar-refractivity contribution in [2.45, 2.75) is 13.5 Å². The van der Waals surface area contributed by atoms with Gasteiger partial charge in [0.05, 0.1) is 17.7 Å². The summed E-state index contributed by atoms with van der Waals surface area (Å²) in [5.41, 5.74) is 10.4. The number of hydrogen-bond acceptors (Lipinski definition) is 3. The molecule has 0 N–H and O–H groups in total. The molecule has 14 heavy (non-hydrogen) atoms. The van der Waals surface area contributed by atoms with Crippen molar-refractivity contribution in [2.75, 3.05) is 0 Å². The molecule has 5 heteroatoms. The van der Waals surface area contributed by atoms with Crippen LogP contribution in [0, 0.1) is 24.2 Å². The zero-order chi connectivity index (χ0) is 10.6. The van der Waals surface area contributed by atoms with E-state index in [0.717, 1.165) is 5.69 Å². The van der Waals surface area contributed by atoms with Gasteiger partial charge in [-0.05, 0) is 24.3 Å². The fourth-order valence-electron chi connectivity index (χ4n) is 0.492. The van der Waals surface area contributed by atoms with Crippen LogP contribution in [0.15, 0.2) is 16.0 Å². The molecule has 0 aliphatic heterocycles. The van der Waals surface area contributed by atoms with Gasteiger partial charge in [-0.15, -0.1) is 17.8 Å². The molecule has 0 aromatic carbocycles. The van der Waals surface area contributed by atoms with E-state index in [1.807, 2.05) is 5.38 Å². The van der Waals surface area contributed by atoms with Gasteiger partial charge in [0, 0.05) is 10.3 Å². The summed E-state index contributed by atoms with van der Waals surface area (Å²) in [6.45, 7) is 2.07. The molecule has 1 rings (SSSR count). The highest BCUT2D eigenvalue weighted by Crippen LogP contribution is 2.01. The van der Waals surface area contributed by atoms with Gasteiger partial charge in [-0.1, -0.05) is 11.0 Å². The molecule has 0 saturated heterocycles. The average molecular weight is 204 g/mol. The fourth-order valence-corrected chi connectivity index (χ4v) is 1.04. The molecule has 4 nitrogen and oxygen atoms in total. The molecule has 0 unspecified atom stereocenters. The van der Waals surface area contributed by atoms with E-state index in [9.17, 15) is 0 Å². The summed E-state index contributed by atoms with van der Waals surface area (Å²) in [4.78, 5) is 6.51.